The van der Waals surface area contributed by atoms with Gasteiger partial charge in [0.05, 0.1) is 13.7 Å². The van der Waals surface area contributed by atoms with Gasteiger partial charge < -0.3 is 15.2 Å². The van der Waals surface area contributed by atoms with E-state index in [1.807, 2.05) is 36.4 Å². The van der Waals surface area contributed by atoms with Gasteiger partial charge >= 0.3 is 6.09 Å². The van der Waals surface area contributed by atoms with Crippen molar-refractivity contribution in [2.45, 2.75) is 19.6 Å². The first kappa shape index (κ1) is 15.9. The van der Waals surface area contributed by atoms with Crippen molar-refractivity contribution in [1.82, 2.24) is 0 Å². The molecule has 1 unspecified atom stereocenters. The second kappa shape index (κ2) is 7.47. The van der Waals surface area contributed by atoms with Gasteiger partial charge in [0, 0.05) is 17.4 Å². The minimum absolute atomic E-state index is 0.0362. The third-order valence-electron chi connectivity index (χ3n) is 3.33. The van der Waals surface area contributed by atoms with E-state index < -0.39 is 6.09 Å². The number of aliphatic hydroxyl groups excluding tert-OH is 1. The van der Waals surface area contributed by atoms with Gasteiger partial charge in [0.15, 0.2) is 0 Å². The Morgan fingerprint density at radius 3 is 2.50 bits per heavy atom. The summed E-state index contributed by atoms with van der Waals surface area (Å²) in [6.07, 6.45) is -0.491. The van der Waals surface area contributed by atoms with Crippen LogP contribution in [0.25, 0.3) is 0 Å². The molecular formula is C17H20N2O3. The molecule has 0 bridgehead atoms. The van der Waals surface area contributed by atoms with Crippen molar-refractivity contribution in [2.24, 2.45) is 0 Å². The smallest absolute Gasteiger partial charge is 0.411 e. The molecule has 22 heavy (non-hydrogen) atoms. The molecule has 1 atom stereocenters. The van der Waals surface area contributed by atoms with Crippen molar-refractivity contribution in [3.63, 3.8) is 0 Å². The molecule has 0 aliphatic heterocycles. The molecule has 5 nitrogen and oxygen atoms in total. The number of rotatable bonds is 5. The number of hydrogen-bond acceptors (Lipinski definition) is 4. The molecule has 0 saturated carbocycles. The van der Waals surface area contributed by atoms with Gasteiger partial charge in [-0.1, -0.05) is 24.3 Å². The maximum absolute atomic E-state index is 11.1. The number of carbonyl (C=O) groups is 1. The minimum atomic E-state index is -0.491. The van der Waals surface area contributed by atoms with Gasteiger partial charge in [-0.15, -0.1) is 0 Å². The molecule has 0 aliphatic carbocycles. The average Bonchev–Trinajstić information content (AvgIpc) is 2.56. The monoisotopic (exact) mass is 300 g/mol. The van der Waals surface area contributed by atoms with Crippen molar-refractivity contribution in [1.29, 1.82) is 0 Å². The second-order valence-electron chi connectivity index (χ2n) is 4.96. The van der Waals surface area contributed by atoms with E-state index in [1.54, 1.807) is 12.1 Å². The first-order valence-electron chi connectivity index (χ1n) is 7.03. The van der Waals surface area contributed by atoms with Gasteiger partial charge in [-0.2, -0.15) is 0 Å². The molecule has 0 aliphatic rings. The summed E-state index contributed by atoms with van der Waals surface area (Å²) in [4.78, 5) is 11.1. The van der Waals surface area contributed by atoms with Crippen LogP contribution >= 0.6 is 0 Å². The minimum Gasteiger partial charge on any atom is -0.453 e. The van der Waals surface area contributed by atoms with Crippen molar-refractivity contribution in [3.8, 4) is 0 Å². The lowest BCUT2D eigenvalue weighted by molar-refractivity contribution is 0.187. The summed E-state index contributed by atoms with van der Waals surface area (Å²) in [5, 5.41) is 15.2. The number of benzene rings is 2. The van der Waals surface area contributed by atoms with Crippen molar-refractivity contribution in [3.05, 3.63) is 59.7 Å². The zero-order valence-corrected chi connectivity index (χ0v) is 12.7. The highest BCUT2D eigenvalue weighted by molar-refractivity contribution is 5.84. The molecule has 0 aromatic heterocycles. The Balaban J connectivity index is 2.02. The highest BCUT2D eigenvalue weighted by Gasteiger charge is 2.06. The van der Waals surface area contributed by atoms with Crippen LogP contribution in [0.1, 0.15) is 24.1 Å². The molecule has 0 heterocycles. The molecule has 2 aromatic rings. The van der Waals surface area contributed by atoms with Crippen molar-refractivity contribution < 1.29 is 14.6 Å². The van der Waals surface area contributed by atoms with Crippen LogP contribution in [0.3, 0.4) is 0 Å². The van der Waals surface area contributed by atoms with Crippen molar-refractivity contribution >= 4 is 17.5 Å². The van der Waals surface area contributed by atoms with E-state index in [0.29, 0.717) is 5.69 Å². The summed E-state index contributed by atoms with van der Waals surface area (Å²) in [6.45, 7) is 2.09. The van der Waals surface area contributed by atoms with Gasteiger partial charge in [-0.3, -0.25) is 5.32 Å². The molecular weight excluding hydrogens is 280 g/mol. The van der Waals surface area contributed by atoms with Crippen LogP contribution in [0.2, 0.25) is 0 Å². The van der Waals surface area contributed by atoms with Crippen LogP contribution in [0, 0.1) is 0 Å². The van der Waals surface area contributed by atoms with Crippen LogP contribution in [0.5, 0.6) is 0 Å². The SMILES string of the molecule is COC(=O)Nc1ccc(NC(C)c2cccc(CO)c2)cc1. The van der Waals surface area contributed by atoms with Gasteiger partial charge in [-0.25, -0.2) is 4.79 Å². The first-order chi connectivity index (χ1) is 10.6. The summed E-state index contributed by atoms with van der Waals surface area (Å²) in [5.74, 6) is 0. The Kier molecular flexibility index (Phi) is 5.38. The number of hydrogen-bond donors (Lipinski definition) is 3. The standard InChI is InChI=1S/C17H20N2O3/c1-12(14-5-3-4-13(10-14)11-20)18-15-6-8-16(9-7-15)19-17(21)22-2/h3-10,12,18,20H,11H2,1-2H3,(H,19,21). The molecule has 1 amide bonds. The van der Waals surface area contributed by atoms with E-state index in [9.17, 15) is 9.90 Å². The predicted octanol–water partition coefficient (Wildman–Crippen LogP) is 3.53. The number of anilines is 2. The van der Waals surface area contributed by atoms with Crippen LogP contribution in [-0.4, -0.2) is 18.3 Å². The number of methoxy groups -OCH3 is 1. The maximum atomic E-state index is 11.1. The number of amides is 1. The number of nitrogens with one attached hydrogen (secondary N) is 2. The topological polar surface area (TPSA) is 70.6 Å². The molecule has 0 radical (unpaired) electrons. The number of carbonyl (C=O) groups excluding carboxylic acids is 1. The summed E-state index contributed by atoms with van der Waals surface area (Å²) in [6, 6.07) is 15.3. The highest BCUT2D eigenvalue weighted by Crippen LogP contribution is 2.21. The Bertz CT molecular complexity index is 626. The fraction of sp³-hybridized carbons (Fsp3) is 0.235. The van der Waals surface area contributed by atoms with E-state index in [4.69, 9.17) is 0 Å². The molecule has 116 valence electrons. The maximum Gasteiger partial charge on any atom is 0.411 e. The lowest BCUT2D eigenvalue weighted by Gasteiger charge is -2.17. The number of aliphatic hydroxyl groups is 1. The predicted molar refractivity (Wildman–Crippen MR) is 86.9 cm³/mol. The summed E-state index contributed by atoms with van der Waals surface area (Å²) in [7, 11) is 1.33. The quantitative estimate of drug-likeness (QED) is 0.790. The van der Waals surface area contributed by atoms with E-state index in [0.717, 1.165) is 16.8 Å². The van der Waals surface area contributed by atoms with Gasteiger partial charge in [0.1, 0.15) is 0 Å². The molecule has 0 fully saturated rings. The Morgan fingerprint density at radius 2 is 1.86 bits per heavy atom. The number of ether oxygens (including phenoxy) is 1. The van der Waals surface area contributed by atoms with E-state index in [1.165, 1.54) is 7.11 Å². The average molecular weight is 300 g/mol. The van der Waals surface area contributed by atoms with Crippen LogP contribution in [0.4, 0.5) is 16.2 Å². The van der Waals surface area contributed by atoms with Crippen LogP contribution in [-0.2, 0) is 11.3 Å². The summed E-state index contributed by atoms with van der Waals surface area (Å²) >= 11 is 0. The third-order valence-corrected chi connectivity index (χ3v) is 3.33. The fourth-order valence-electron chi connectivity index (χ4n) is 2.11. The fourth-order valence-corrected chi connectivity index (χ4v) is 2.11. The van der Waals surface area contributed by atoms with Crippen LogP contribution < -0.4 is 10.6 Å². The lowest BCUT2D eigenvalue weighted by atomic mass is 10.1. The van der Waals surface area contributed by atoms with E-state index in [2.05, 4.69) is 22.3 Å². The second-order valence-corrected chi connectivity index (χ2v) is 4.96. The zero-order chi connectivity index (χ0) is 15.9. The van der Waals surface area contributed by atoms with E-state index >= 15 is 0 Å². The Hall–Kier alpha value is -2.53. The third kappa shape index (κ3) is 4.23. The summed E-state index contributed by atoms with van der Waals surface area (Å²) in [5.41, 5.74) is 3.61. The largest absolute Gasteiger partial charge is 0.453 e. The van der Waals surface area contributed by atoms with Gasteiger partial charge in [0.2, 0.25) is 0 Å². The van der Waals surface area contributed by atoms with Gasteiger partial charge in [-0.05, 0) is 42.3 Å². The molecule has 2 rings (SSSR count). The molecule has 0 saturated heterocycles. The summed E-state index contributed by atoms with van der Waals surface area (Å²) < 4.78 is 4.54. The first-order valence-corrected chi connectivity index (χ1v) is 7.03. The van der Waals surface area contributed by atoms with Gasteiger partial charge in [0.25, 0.3) is 0 Å². The van der Waals surface area contributed by atoms with E-state index in [-0.39, 0.29) is 12.6 Å². The zero-order valence-electron chi connectivity index (χ0n) is 12.7. The van der Waals surface area contributed by atoms with Crippen molar-refractivity contribution in [2.75, 3.05) is 17.7 Å². The highest BCUT2D eigenvalue weighted by atomic mass is 16.5. The molecule has 2 aromatic carbocycles. The molecule has 5 heteroatoms. The van der Waals surface area contributed by atoms with Crippen LogP contribution in [0.15, 0.2) is 48.5 Å². The Morgan fingerprint density at radius 1 is 1.18 bits per heavy atom. The molecule has 3 N–H and O–H groups in total. The lowest BCUT2D eigenvalue weighted by Crippen LogP contribution is -2.11. The normalized spacial score (nSPS) is 11.6. The molecule has 0 spiro atoms. The Labute approximate surface area is 129 Å².